The Kier molecular flexibility index (Phi) is 6.56. The molecule has 6 rings (SSSR count). The van der Waals surface area contributed by atoms with Gasteiger partial charge in [-0.15, -0.1) is 0 Å². The van der Waals surface area contributed by atoms with Crippen LogP contribution in [0.2, 0.25) is 0 Å². The molecular formula is C33H37N3O4. The third-order valence-corrected chi connectivity index (χ3v) is 9.23. The number of rotatable bonds is 8. The third-order valence-electron chi connectivity index (χ3n) is 9.23. The van der Waals surface area contributed by atoms with Crippen LogP contribution >= 0.6 is 0 Å². The molecule has 0 bridgehead atoms. The van der Waals surface area contributed by atoms with Crippen molar-refractivity contribution in [3.63, 3.8) is 0 Å². The molecule has 0 amide bonds. The fourth-order valence-corrected chi connectivity index (χ4v) is 5.89. The standard InChI is InChI=1S/C33H37N3O4/c1-32(2,19-36-26-13-7-6-12-24(26)35-31(36)27-14-9-15-39-27)33(3,4)20-40-29-17-25-23(16-28(29)38-5)30(37)22-11-8-10-21(22)18-34-25/h6-7,9,12-18,21-22H,8,10-11,19-20H2,1-5H3. The molecule has 0 spiro atoms. The van der Waals surface area contributed by atoms with E-state index in [0.717, 1.165) is 41.9 Å². The Balaban J connectivity index is 1.27. The van der Waals surface area contributed by atoms with Crippen LogP contribution in [0.4, 0.5) is 5.69 Å². The molecule has 2 aromatic carbocycles. The Hall–Kier alpha value is -3.87. The number of hydrogen-bond donors (Lipinski definition) is 0. The number of hydrogen-bond acceptors (Lipinski definition) is 6. The minimum atomic E-state index is -0.257. The number of nitrogens with zero attached hydrogens (tertiary/aromatic N) is 3. The Bertz CT molecular complexity index is 1580. The van der Waals surface area contributed by atoms with E-state index in [1.54, 1.807) is 13.4 Å². The smallest absolute Gasteiger partial charge is 0.177 e. The number of benzene rings is 2. The number of ether oxygens (including phenoxy) is 2. The van der Waals surface area contributed by atoms with Crippen LogP contribution in [0.25, 0.3) is 22.6 Å². The number of furan rings is 1. The molecule has 3 heterocycles. The van der Waals surface area contributed by atoms with Gasteiger partial charge in [-0.1, -0.05) is 46.2 Å². The minimum Gasteiger partial charge on any atom is -0.493 e. The maximum atomic E-state index is 13.3. The van der Waals surface area contributed by atoms with Crippen molar-refractivity contribution in [3.8, 4) is 23.1 Å². The molecule has 2 aromatic heterocycles. The van der Waals surface area contributed by atoms with E-state index in [1.165, 1.54) is 0 Å². The highest BCUT2D eigenvalue weighted by atomic mass is 16.5. The van der Waals surface area contributed by atoms with Crippen molar-refractivity contribution in [2.75, 3.05) is 13.7 Å². The van der Waals surface area contributed by atoms with Gasteiger partial charge in [0.15, 0.2) is 28.9 Å². The van der Waals surface area contributed by atoms with E-state index in [2.05, 4.69) is 38.3 Å². The molecule has 0 radical (unpaired) electrons. The van der Waals surface area contributed by atoms with Crippen LogP contribution in [0, 0.1) is 22.7 Å². The zero-order chi connectivity index (χ0) is 28.1. The van der Waals surface area contributed by atoms with Crippen LogP contribution in [0.3, 0.4) is 0 Å². The summed E-state index contributed by atoms with van der Waals surface area (Å²) < 4.78 is 20.2. The minimum absolute atomic E-state index is 0.0199. The van der Waals surface area contributed by atoms with Gasteiger partial charge in [0.2, 0.25) is 0 Å². The van der Waals surface area contributed by atoms with Crippen molar-refractivity contribution in [1.29, 1.82) is 0 Å². The number of imidazole rings is 1. The average Bonchev–Trinajstić information content (AvgIpc) is 3.69. The van der Waals surface area contributed by atoms with Crippen molar-refractivity contribution in [2.24, 2.45) is 27.7 Å². The van der Waals surface area contributed by atoms with Crippen molar-refractivity contribution in [1.82, 2.24) is 9.55 Å². The predicted octanol–water partition coefficient (Wildman–Crippen LogP) is 7.75. The van der Waals surface area contributed by atoms with Crippen LogP contribution in [0.5, 0.6) is 11.5 Å². The molecule has 0 saturated heterocycles. The van der Waals surface area contributed by atoms with Gasteiger partial charge in [0.25, 0.3) is 0 Å². The van der Waals surface area contributed by atoms with Crippen molar-refractivity contribution in [3.05, 3.63) is 60.4 Å². The van der Waals surface area contributed by atoms with Gasteiger partial charge in [0.1, 0.15) is 0 Å². The zero-order valence-corrected chi connectivity index (χ0v) is 23.9. The first kappa shape index (κ1) is 26.4. The largest absolute Gasteiger partial charge is 0.493 e. The summed E-state index contributed by atoms with van der Waals surface area (Å²) in [5, 5.41) is 0. The molecule has 1 fully saturated rings. The quantitative estimate of drug-likeness (QED) is 0.229. The van der Waals surface area contributed by atoms with E-state index in [4.69, 9.17) is 23.9 Å². The first-order valence-corrected chi connectivity index (χ1v) is 14.1. The summed E-state index contributed by atoms with van der Waals surface area (Å²) in [6, 6.07) is 15.7. The summed E-state index contributed by atoms with van der Waals surface area (Å²) in [5.74, 6) is 3.14. The Labute approximate surface area is 235 Å². The number of aromatic nitrogens is 2. The summed E-state index contributed by atoms with van der Waals surface area (Å²) in [6.07, 6.45) is 6.66. The highest BCUT2D eigenvalue weighted by Crippen LogP contribution is 2.45. The lowest BCUT2D eigenvalue weighted by Gasteiger charge is -2.42. The van der Waals surface area contributed by atoms with Gasteiger partial charge < -0.3 is 18.5 Å². The van der Waals surface area contributed by atoms with E-state index in [0.29, 0.717) is 35.9 Å². The predicted molar refractivity (Wildman–Crippen MR) is 157 cm³/mol. The summed E-state index contributed by atoms with van der Waals surface area (Å²) in [7, 11) is 1.62. The highest BCUT2D eigenvalue weighted by Gasteiger charge is 2.40. The van der Waals surface area contributed by atoms with Crippen LogP contribution in [0.15, 0.2) is 64.2 Å². The van der Waals surface area contributed by atoms with Crippen molar-refractivity contribution >= 4 is 28.7 Å². The molecule has 2 aliphatic rings. The Morgan fingerprint density at radius 3 is 2.62 bits per heavy atom. The molecule has 0 N–H and O–H groups in total. The van der Waals surface area contributed by atoms with Gasteiger partial charge in [0.05, 0.1) is 36.7 Å². The number of fused-ring (bicyclic) bond motifs is 3. The molecule has 1 aliphatic carbocycles. The number of carbonyl (C=O) groups excluding carboxylic acids is 1. The summed E-state index contributed by atoms with van der Waals surface area (Å²) in [6.45, 7) is 10.1. The van der Waals surface area contributed by atoms with Gasteiger partial charge in [-0.2, -0.15) is 0 Å². The fraction of sp³-hybridized carbons (Fsp3) is 0.424. The van der Waals surface area contributed by atoms with E-state index in [1.807, 2.05) is 48.7 Å². The number of ketones is 1. The molecular weight excluding hydrogens is 502 g/mol. The highest BCUT2D eigenvalue weighted by molar-refractivity contribution is 6.06. The summed E-state index contributed by atoms with van der Waals surface area (Å²) >= 11 is 0. The van der Waals surface area contributed by atoms with Gasteiger partial charge in [-0.05, 0) is 48.6 Å². The second-order valence-corrected chi connectivity index (χ2v) is 12.4. The van der Waals surface area contributed by atoms with Crippen molar-refractivity contribution < 1.29 is 18.7 Å². The third kappa shape index (κ3) is 4.51. The monoisotopic (exact) mass is 539 g/mol. The number of Topliss-reactive ketones (excluding diaryl/α,β-unsaturated/α-hetero) is 1. The van der Waals surface area contributed by atoms with Crippen molar-refractivity contribution in [2.45, 2.75) is 53.5 Å². The Morgan fingerprint density at radius 1 is 1.02 bits per heavy atom. The number of aliphatic imine (C=N–C) groups is 1. The Morgan fingerprint density at radius 2 is 1.85 bits per heavy atom. The lowest BCUT2D eigenvalue weighted by molar-refractivity contribution is 0.0345. The van der Waals surface area contributed by atoms with Gasteiger partial charge in [-0.25, -0.2) is 4.98 Å². The van der Waals surface area contributed by atoms with Crippen LogP contribution < -0.4 is 9.47 Å². The average molecular weight is 540 g/mol. The molecule has 208 valence electrons. The molecule has 4 aromatic rings. The van der Waals surface area contributed by atoms with E-state index in [9.17, 15) is 4.79 Å². The van der Waals surface area contributed by atoms with Crippen LogP contribution in [-0.4, -0.2) is 35.3 Å². The molecule has 2 atom stereocenters. The summed E-state index contributed by atoms with van der Waals surface area (Å²) in [5.41, 5.74) is 2.84. The molecule has 1 saturated carbocycles. The number of carbonyl (C=O) groups is 1. The van der Waals surface area contributed by atoms with Gasteiger partial charge >= 0.3 is 0 Å². The molecule has 1 aliphatic heterocycles. The number of methoxy groups -OCH3 is 1. The molecule has 40 heavy (non-hydrogen) atoms. The normalized spacial score (nSPS) is 19.0. The zero-order valence-electron chi connectivity index (χ0n) is 23.9. The lowest BCUT2D eigenvalue weighted by atomic mass is 9.68. The first-order valence-electron chi connectivity index (χ1n) is 14.1. The second-order valence-electron chi connectivity index (χ2n) is 12.4. The molecule has 7 nitrogen and oxygen atoms in total. The summed E-state index contributed by atoms with van der Waals surface area (Å²) in [4.78, 5) is 22.9. The topological polar surface area (TPSA) is 78.8 Å². The molecule has 2 unspecified atom stereocenters. The van der Waals surface area contributed by atoms with E-state index >= 15 is 0 Å². The van der Waals surface area contributed by atoms with Crippen LogP contribution in [0.1, 0.15) is 57.3 Å². The van der Waals surface area contributed by atoms with Gasteiger partial charge in [-0.3, -0.25) is 9.79 Å². The fourth-order valence-electron chi connectivity index (χ4n) is 5.89. The SMILES string of the molecule is COc1cc2c(cc1OCC(C)(C)C(C)(C)Cn1c(-c3ccco3)nc3ccccc31)N=CC1CCCC1C2=O. The maximum Gasteiger partial charge on any atom is 0.177 e. The first-order chi connectivity index (χ1) is 19.2. The lowest BCUT2D eigenvalue weighted by Crippen LogP contribution is -2.40. The second kappa shape index (κ2) is 9.95. The number of para-hydroxylation sites is 2. The molecule has 7 heteroatoms. The maximum absolute atomic E-state index is 13.3. The van der Waals surface area contributed by atoms with Gasteiger partial charge in [0, 0.05) is 41.6 Å². The van der Waals surface area contributed by atoms with E-state index in [-0.39, 0.29) is 28.4 Å². The van der Waals surface area contributed by atoms with E-state index < -0.39 is 0 Å². The van der Waals surface area contributed by atoms with Crippen LogP contribution in [-0.2, 0) is 6.54 Å².